The van der Waals surface area contributed by atoms with E-state index < -0.39 is 5.54 Å². The fraction of sp³-hybridized carbons (Fsp3) is 0.750. The Kier molecular flexibility index (Phi) is 5.38. The summed E-state index contributed by atoms with van der Waals surface area (Å²) < 4.78 is 0. The Labute approximate surface area is 93.0 Å². The van der Waals surface area contributed by atoms with Gasteiger partial charge in [-0.25, -0.2) is 0 Å². The molecule has 0 saturated carbocycles. The molecule has 0 spiro atoms. The second kappa shape index (κ2) is 5.77. The molecule has 0 saturated heterocycles. The zero-order valence-electron chi connectivity index (χ0n) is 10.3. The number of terminal acetylenes is 1. The monoisotopic (exact) mass is 210 g/mol. The first-order valence-corrected chi connectivity index (χ1v) is 5.30. The van der Waals surface area contributed by atoms with Crippen LogP contribution in [0.4, 0.5) is 0 Å². The molecule has 0 fully saturated rings. The molecule has 0 heterocycles. The normalized spacial score (nSPS) is 13.4. The number of rotatable bonds is 5. The third-order valence-corrected chi connectivity index (χ3v) is 2.44. The van der Waals surface area contributed by atoms with Crippen LogP contribution in [0.3, 0.4) is 0 Å². The molecule has 0 aromatic rings. The molecule has 3 heteroatoms. The molecule has 0 aliphatic heterocycles. The first-order chi connectivity index (χ1) is 6.78. The van der Waals surface area contributed by atoms with Crippen molar-refractivity contribution in [2.75, 3.05) is 6.54 Å². The van der Waals surface area contributed by atoms with Gasteiger partial charge in [0.05, 0.1) is 12.1 Å². The van der Waals surface area contributed by atoms with Crippen LogP contribution >= 0.6 is 0 Å². The Morgan fingerprint density at radius 3 is 2.33 bits per heavy atom. The van der Waals surface area contributed by atoms with Crippen LogP contribution in [0.25, 0.3) is 0 Å². The fourth-order valence-corrected chi connectivity index (χ4v) is 0.824. The van der Waals surface area contributed by atoms with E-state index in [1.165, 1.54) is 0 Å². The number of amides is 1. The molecule has 0 aliphatic rings. The smallest absolute Gasteiger partial charge is 0.234 e. The summed E-state index contributed by atoms with van der Waals surface area (Å²) in [7, 11) is 0. The minimum Gasteiger partial charge on any atom is -0.352 e. The van der Waals surface area contributed by atoms with Crippen molar-refractivity contribution in [2.45, 2.75) is 46.2 Å². The lowest BCUT2D eigenvalue weighted by Crippen LogP contribution is -2.47. The molecular formula is C12H22N2O. The van der Waals surface area contributed by atoms with Crippen LogP contribution < -0.4 is 10.6 Å². The molecule has 0 aromatic heterocycles. The summed E-state index contributed by atoms with van der Waals surface area (Å²) in [5.74, 6) is 3.01. The Bertz CT molecular complexity index is 251. The lowest BCUT2D eigenvalue weighted by Gasteiger charge is -2.21. The lowest BCUT2D eigenvalue weighted by atomic mass is 10.1. The molecule has 86 valence electrons. The second-order valence-corrected chi connectivity index (χ2v) is 4.72. The maximum absolute atomic E-state index is 11.5. The number of hydrogen-bond acceptors (Lipinski definition) is 2. The topological polar surface area (TPSA) is 41.1 Å². The fourth-order valence-electron chi connectivity index (χ4n) is 0.824. The molecule has 0 rings (SSSR count). The highest BCUT2D eigenvalue weighted by Gasteiger charge is 2.16. The zero-order chi connectivity index (χ0) is 12.1. The van der Waals surface area contributed by atoms with E-state index in [0.717, 1.165) is 0 Å². The largest absolute Gasteiger partial charge is 0.352 e. The average molecular weight is 210 g/mol. The standard InChI is InChI=1S/C12H22N2O/c1-7-12(5,6)13-8-11(15)14-10(4)9(2)3/h1,9-10,13H,8H2,2-6H3,(H,14,15). The van der Waals surface area contributed by atoms with Gasteiger partial charge in [-0.1, -0.05) is 19.8 Å². The molecule has 15 heavy (non-hydrogen) atoms. The summed E-state index contributed by atoms with van der Waals surface area (Å²) in [6.07, 6.45) is 5.30. The molecular weight excluding hydrogens is 188 g/mol. The maximum atomic E-state index is 11.5. The first-order valence-electron chi connectivity index (χ1n) is 5.30. The third kappa shape index (κ3) is 6.14. The van der Waals surface area contributed by atoms with E-state index in [-0.39, 0.29) is 18.5 Å². The lowest BCUT2D eigenvalue weighted by molar-refractivity contribution is -0.121. The summed E-state index contributed by atoms with van der Waals surface area (Å²) in [6, 6.07) is 0.188. The van der Waals surface area contributed by atoms with E-state index in [4.69, 9.17) is 6.42 Å². The van der Waals surface area contributed by atoms with Gasteiger partial charge in [-0.15, -0.1) is 6.42 Å². The van der Waals surface area contributed by atoms with E-state index in [1.807, 2.05) is 20.8 Å². The summed E-state index contributed by atoms with van der Waals surface area (Å²) in [6.45, 7) is 10.1. The molecule has 1 atom stereocenters. The minimum atomic E-state index is -0.432. The van der Waals surface area contributed by atoms with E-state index in [2.05, 4.69) is 30.4 Å². The minimum absolute atomic E-state index is 0.0143. The molecule has 0 bridgehead atoms. The van der Waals surface area contributed by atoms with E-state index in [9.17, 15) is 4.79 Å². The van der Waals surface area contributed by atoms with Crippen molar-refractivity contribution < 1.29 is 4.79 Å². The van der Waals surface area contributed by atoms with Gasteiger partial charge in [0, 0.05) is 6.04 Å². The van der Waals surface area contributed by atoms with Crippen LogP contribution in [0.5, 0.6) is 0 Å². The molecule has 1 unspecified atom stereocenters. The molecule has 0 radical (unpaired) electrons. The highest BCUT2D eigenvalue weighted by atomic mass is 16.2. The van der Waals surface area contributed by atoms with Crippen LogP contribution in [0.2, 0.25) is 0 Å². The van der Waals surface area contributed by atoms with Crippen molar-refractivity contribution in [3.63, 3.8) is 0 Å². The van der Waals surface area contributed by atoms with Crippen LogP contribution in [0, 0.1) is 18.3 Å². The van der Waals surface area contributed by atoms with Gasteiger partial charge in [-0.05, 0) is 26.7 Å². The van der Waals surface area contributed by atoms with Gasteiger partial charge in [0.2, 0.25) is 5.91 Å². The van der Waals surface area contributed by atoms with Crippen LogP contribution in [-0.2, 0) is 4.79 Å². The predicted molar refractivity (Wildman–Crippen MR) is 63.4 cm³/mol. The summed E-state index contributed by atoms with van der Waals surface area (Å²) in [5.41, 5.74) is -0.432. The second-order valence-electron chi connectivity index (χ2n) is 4.72. The van der Waals surface area contributed by atoms with Gasteiger partial charge >= 0.3 is 0 Å². The summed E-state index contributed by atoms with van der Waals surface area (Å²) in [5, 5.41) is 5.91. The Morgan fingerprint density at radius 1 is 1.40 bits per heavy atom. The number of hydrogen-bond donors (Lipinski definition) is 2. The highest BCUT2D eigenvalue weighted by molar-refractivity contribution is 5.78. The number of nitrogens with one attached hydrogen (secondary N) is 2. The first kappa shape index (κ1) is 14.0. The number of carbonyl (C=O) groups is 1. The quantitative estimate of drug-likeness (QED) is 0.668. The van der Waals surface area contributed by atoms with Crippen molar-refractivity contribution >= 4 is 5.91 Å². The Balaban J connectivity index is 3.92. The molecule has 0 aliphatic carbocycles. The van der Waals surface area contributed by atoms with E-state index in [0.29, 0.717) is 5.92 Å². The third-order valence-electron chi connectivity index (χ3n) is 2.44. The van der Waals surface area contributed by atoms with Gasteiger partial charge in [-0.3, -0.25) is 10.1 Å². The Morgan fingerprint density at radius 2 is 1.93 bits per heavy atom. The highest BCUT2D eigenvalue weighted by Crippen LogP contribution is 2.00. The van der Waals surface area contributed by atoms with E-state index >= 15 is 0 Å². The maximum Gasteiger partial charge on any atom is 0.234 e. The zero-order valence-corrected chi connectivity index (χ0v) is 10.3. The van der Waals surface area contributed by atoms with Crippen molar-refractivity contribution in [1.82, 2.24) is 10.6 Å². The van der Waals surface area contributed by atoms with Crippen molar-refractivity contribution in [3.8, 4) is 12.3 Å². The summed E-state index contributed by atoms with van der Waals surface area (Å²) in [4.78, 5) is 11.5. The SMILES string of the molecule is C#CC(C)(C)NCC(=O)NC(C)C(C)C. The van der Waals surface area contributed by atoms with Crippen LogP contribution in [-0.4, -0.2) is 24.0 Å². The predicted octanol–water partition coefficient (Wildman–Crippen LogP) is 1.15. The van der Waals surface area contributed by atoms with Gasteiger partial charge in [0.25, 0.3) is 0 Å². The molecule has 3 nitrogen and oxygen atoms in total. The van der Waals surface area contributed by atoms with Gasteiger partial charge in [0.15, 0.2) is 0 Å². The van der Waals surface area contributed by atoms with Gasteiger partial charge in [-0.2, -0.15) is 0 Å². The van der Waals surface area contributed by atoms with E-state index in [1.54, 1.807) is 0 Å². The van der Waals surface area contributed by atoms with Crippen molar-refractivity contribution in [3.05, 3.63) is 0 Å². The summed E-state index contributed by atoms with van der Waals surface area (Å²) >= 11 is 0. The van der Waals surface area contributed by atoms with Crippen LogP contribution in [0.15, 0.2) is 0 Å². The average Bonchev–Trinajstić information content (AvgIpc) is 2.15. The van der Waals surface area contributed by atoms with Crippen LogP contribution in [0.1, 0.15) is 34.6 Å². The number of carbonyl (C=O) groups excluding carboxylic acids is 1. The molecule has 2 N–H and O–H groups in total. The van der Waals surface area contributed by atoms with Gasteiger partial charge in [0.1, 0.15) is 0 Å². The Hall–Kier alpha value is -1.01. The van der Waals surface area contributed by atoms with Crippen molar-refractivity contribution in [2.24, 2.45) is 5.92 Å². The molecule has 0 aromatic carbocycles. The molecule has 1 amide bonds. The van der Waals surface area contributed by atoms with Crippen molar-refractivity contribution in [1.29, 1.82) is 0 Å². The van der Waals surface area contributed by atoms with Gasteiger partial charge < -0.3 is 5.32 Å².